The number of nitrogens with zero attached hydrogens (tertiary/aromatic N) is 2. The van der Waals surface area contributed by atoms with Crippen molar-refractivity contribution in [1.82, 2.24) is 15.2 Å². The number of hydrogen-bond acceptors (Lipinski definition) is 6. The van der Waals surface area contributed by atoms with Crippen LogP contribution in [0.2, 0.25) is 0 Å². The van der Waals surface area contributed by atoms with Crippen LogP contribution in [0.15, 0.2) is 36.5 Å². The summed E-state index contributed by atoms with van der Waals surface area (Å²) < 4.78 is 5.38. The number of ether oxygens (including phenoxy) is 1. The fraction of sp³-hybridized carbons (Fsp3) is 0.478. The molecule has 1 amide bonds. The van der Waals surface area contributed by atoms with Crippen LogP contribution < -0.4 is 10.6 Å². The monoisotopic (exact) mass is 410 g/mol. The number of β-amino-alcohol motifs (C(OH)–C–C–N with tert-alkyl or cyclic N) is 1. The van der Waals surface area contributed by atoms with Gasteiger partial charge in [0.15, 0.2) is 0 Å². The van der Waals surface area contributed by atoms with Crippen LogP contribution in [-0.2, 0) is 17.7 Å². The highest BCUT2D eigenvalue weighted by molar-refractivity contribution is 5.96. The lowest BCUT2D eigenvalue weighted by molar-refractivity contribution is 0.0841. The molecule has 3 heterocycles. The molecule has 2 atom stereocenters. The summed E-state index contributed by atoms with van der Waals surface area (Å²) >= 11 is 0. The highest BCUT2D eigenvalue weighted by atomic mass is 16.5. The van der Waals surface area contributed by atoms with Gasteiger partial charge in [-0.05, 0) is 42.5 Å². The average molecular weight is 411 g/mol. The molecule has 160 valence electrons. The van der Waals surface area contributed by atoms with E-state index < -0.39 is 6.10 Å². The Bertz CT molecular complexity index is 883. The molecule has 1 saturated heterocycles. The van der Waals surface area contributed by atoms with Crippen LogP contribution >= 0.6 is 0 Å². The molecule has 0 radical (unpaired) electrons. The Morgan fingerprint density at radius 1 is 1.37 bits per heavy atom. The third kappa shape index (κ3) is 5.16. The van der Waals surface area contributed by atoms with Crippen molar-refractivity contribution >= 4 is 11.7 Å². The van der Waals surface area contributed by atoms with Crippen LogP contribution in [0.1, 0.15) is 33.5 Å². The van der Waals surface area contributed by atoms with Gasteiger partial charge in [0.2, 0.25) is 0 Å². The van der Waals surface area contributed by atoms with Crippen molar-refractivity contribution in [2.45, 2.75) is 38.5 Å². The lowest BCUT2D eigenvalue weighted by Gasteiger charge is -2.30. The summed E-state index contributed by atoms with van der Waals surface area (Å²) in [7, 11) is 0. The van der Waals surface area contributed by atoms with Gasteiger partial charge < -0.3 is 20.5 Å². The third-order valence-corrected chi connectivity index (χ3v) is 5.81. The minimum Gasteiger partial charge on any atom is -0.390 e. The van der Waals surface area contributed by atoms with E-state index in [1.54, 1.807) is 12.3 Å². The lowest BCUT2D eigenvalue weighted by atomic mass is 10.00. The number of aromatic nitrogens is 1. The molecule has 7 heteroatoms. The van der Waals surface area contributed by atoms with Gasteiger partial charge >= 0.3 is 0 Å². The molecule has 7 nitrogen and oxygen atoms in total. The Morgan fingerprint density at radius 3 is 3.00 bits per heavy atom. The molecule has 1 aromatic heterocycles. The normalized spacial score (nSPS) is 19.9. The number of aryl methyl sites for hydroxylation is 1. The van der Waals surface area contributed by atoms with Crippen molar-refractivity contribution in [3.8, 4) is 0 Å². The molecule has 0 aliphatic carbocycles. The molecule has 30 heavy (non-hydrogen) atoms. The molecule has 0 saturated carbocycles. The van der Waals surface area contributed by atoms with E-state index in [0.29, 0.717) is 24.5 Å². The van der Waals surface area contributed by atoms with E-state index in [1.807, 2.05) is 6.92 Å². The van der Waals surface area contributed by atoms with Crippen LogP contribution in [-0.4, -0.2) is 65.9 Å². The highest BCUT2D eigenvalue weighted by Crippen LogP contribution is 2.19. The summed E-state index contributed by atoms with van der Waals surface area (Å²) in [6.45, 7) is 5.79. The predicted molar refractivity (Wildman–Crippen MR) is 116 cm³/mol. The van der Waals surface area contributed by atoms with Crippen LogP contribution in [0.4, 0.5) is 5.82 Å². The first-order valence-corrected chi connectivity index (χ1v) is 10.6. The van der Waals surface area contributed by atoms with Crippen LogP contribution in [0.3, 0.4) is 0 Å². The number of amides is 1. The van der Waals surface area contributed by atoms with Crippen molar-refractivity contribution in [3.63, 3.8) is 0 Å². The van der Waals surface area contributed by atoms with Crippen molar-refractivity contribution in [3.05, 3.63) is 58.8 Å². The summed E-state index contributed by atoms with van der Waals surface area (Å²) in [4.78, 5) is 19.3. The van der Waals surface area contributed by atoms with Crippen LogP contribution in [0.25, 0.3) is 0 Å². The number of carbonyl (C=O) groups is 1. The number of hydrogen-bond donors (Lipinski definition) is 3. The number of carbonyl (C=O) groups excluding carboxylic acids is 1. The van der Waals surface area contributed by atoms with Gasteiger partial charge in [-0.25, -0.2) is 4.98 Å². The lowest BCUT2D eigenvalue weighted by Crippen LogP contribution is -2.42. The zero-order chi connectivity index (χ0) is 20.9. The Hall–Kier alpha value is -2.48. The van der Waals surface area contributed by atoms with Gasteiger partial charge in [0.05, 0.1) is 18.8 Å². The van der Waals surface area contributed by atoms with Gasteiger partial charge in [-0.3, -0.25) is 9.69 Å². The molecular weight excluding hydrogens is 380 g/mol. The number of rotatable bonds is 7. The van der Waals surface area contributed by atoms with E-state index >= 15 is 0 Å². The second kappa shape index (κ2) is 9.55. The zero-order valence-corrected chi connectivity index (χ0v) is 17.4. The summed E-state index contributed by atoms with van der Waals surface area (Å²) in [5.74, 6) is 0.484. The smallest absolute Gasteiger partial charge is 0.251 e. The van der Waals surface area contributed by atoms with Crippen LogP contribution in [0.5, 0.6) is 0 Å². The first-order valence-electron chi connectivity index (χ1n) is 10.6. The molecule has 3 N–H and O–H groups in total. The quantitative estimate of drug-likeness (QED) is 0.645. The van der Waals surface area contributed by atoms with E-state index in [2.05, 4.69) is 44.8 Å². The van der Waals surface area contributed by atoms with Gasteiger partial charge in [0.1, 0.15) is 5.82 Å². The van der Waals surface area contributed by atoms with E-state index in [9.17, 15) is 9.90 Å². The Balaban J connectivity index is 1.28. The molecule has 4 rings (SSSR count). The first-order chi connectivity index (χ1) is 14.6. The summed E-state index contributed by atoms with van der Waals surface area (Å²) in [6, 6.07) is 10.4. The molecule has 0 bridgehead atoms. The fourth-order valence-corrected chi connectivity index (χ4v) is 4.08. The highest BCUT2D eigenvalue weighted by Gasteiger charge is 2.20. The Morgan fingerprint density at radius 2 is 2.20 bits per heavy atom. The molecule has 1 aromatic carbocycles. The van der Waals surface area contributed by atoms with Crippen LogP contribution in [0, 0.1) is 6.92 Å². The van der Waals surface area contributed by atoms with Gasteiger partial charge in [-0.2, -0.15) is 0 Å². The Kier molecular flexibility index (Phi) is 6.62. The number of anilines is 1. The number of nitrogens with one attached hydrogen (secondary N) is 2. The van der Waals surface area contributed by atoms with Crippen molar-refractivity contribution in [2.24, 2.45) is 0 Å². The minimum absolute atomic E-state index is 0.191. The minimum atomic E-state index is -0.616. The molecule has 2 aliphatic heterocycles. The number of fused-ring (bicyclic) bond motifs is 1. The summed E-state index contributed by atoms with van der Waals surface area (Å²) in [5.41, 5.74) is 4.09. The zero-order valence-electron chi connectivity index (χ0n) is 17.4. The topological polar surface area (TPSA) is 86.7 Å². The second-order valence-corrected chi connectivity index (χ2v) is 8.21. The van der Waals surface area contributed by atoms with E-state index in [1.165, 1.54) is 11.1 Å². The number of aliphatic hydroxyl groups is 1. The summed E-state index contributed by atoms with van der Waals surface area (Å²) in [6.07, 6.45) is 3.02. The maximum Gasteiger partial charge on any atom is 0.251 e. The van der Waals surface area contributed by atoms with Gasteiger partial charge in [-0.1, -0.05) is 24.3 Å². The molecule has 0 spiro atoms. The number of benzene rings is 1. The summed E-state index contributed by atoms with van der Waals surface area (Å²) in [5, 5.41) is 16.7. The maximum absolute atomic E-state index is 12.7. The maximum atomic E-state index is 12.7. The van der Waals surface area contributed by atoms with Gasteiger partial charge in [0, 0.05) is 44.5 Å². The predicted octanol–water partition coefficient (Wildman–Crippen LogP) is 1.74. The standard InChI is InChI=1S/C23H30N4O3/c1-16-11-24-22(26-19-7-9-30-15-19)10-21(16)23(29)25-12-20(28)14-27-8-6-17-4-2-3-5-18(17)13-27/h2-5,10-11,19-20,28H,6-9,12-15H2,1H3,(H,24,26)(H,25,29)/t19?,20-/m0/s1. The molecule has 2 aliphatic rings. The molecule has 1 unspecified atom stereocenters. The number of pyridine rings is 1. The first kappa shape index (κ1) is 20.8. The van der Waals surface area contributed by atoms with Crippen molar-refractivity contribution in [2.75, 3.05) is 38.2 Å². The fourth-order valence-electron chi connectivity index (χ4n) is 4.08. The van der Waals surface area contributed by atoms with E-state index in [-0.39, 0.29) is 18.5 Å². The van der Waals surface area contributed by atoms with Crippen molar-refractivity contribution in [1.29, 1.82) is 0 Å². The third-order valence-electron chi connectivity index (χ3n) is 5.81. The van der Waals surface area contributed by atoms with Gasteiger partial charge in [-0.15, -0.1) is 0 Å². The average Bonchev–Trinajstić information content (AvgIpc) is 3.26. The van der Waals surface area contributed by atoms with Crippen molar-refractivity contribution < 1.29 is 14.6 Å². The largest absolute Gasteiger partial charge is 0.390 e. The van der Waals surface area contributed by atoms with E-state index in [4.69, 9.17) is 4.74 Å². The molecular formula is C23H30N4O3. The molecule has 1 fully saturated rings. The molecule has 2 aromatic rings. The van der Waals surface area contributed by atoms with Gasteiger partial charge in [0.25, 0.3) is 5.91 Å². The Labute approximate surface area is 177 Å². The van der Waals surface area contributed by atoms with E-state index in [0.717, 1.165) is 38.1 Å². The second-order valence-electron chi connectivity index (χ2n) is 8.21. The SMILES string of the molecule is Cc1cnc(NC2CCOC2)cc1C(=O)NC[C@H](O)CN1CCc2ccccc2C1. The number of aliphatic hydroxyl groups excluding tert-OH is 1.